The maximum Gasteiger partial charge on any atom is 0.226 e. The average Bonchev–Trinajstić information content (AvgIpc) is 2.70. The maximum atomic E-state index is 9.79. The molecule has 1 aromatic rings. The van der Waals surface area contributed by atoms with Gasteiger partial charge in [-0.15, -0.1) is 0 Å². The number of nitrogens with zero attached hydrogens (tertiary/aromatic N) is 2. The smallest absolute Gasteiger partial charge is 0.226 e. The molecule has 5 nitrogen and oxygen atoms in total. The van der Waals surface area contributed by atoms with Crippen LogP contribution in [-0.4, -0.2) is 33.8 Å². The predicted octanol–water partition coefficient (Wildman–Crippen LogP) is 2.15. The molecule has 2 N–H and O–H groups in total. The summed E-state index contributed by atoms with van der Waals surface area (Å²) in [5, 5.41) is 13.0. The highest BCUT2D eigenvalue weighted by molar-refractivity contribution is 5.30. The van der Waals surface area contributed by atoms with E-state index in [9.17, 15) is 5.11 Å². The molecule has 0 amide bonds. The zero-order chi connectivity index (χ0) is 13.8. The van der Waals surface area contributed by atoms with Crippen molar-refractivity contribution in [1.82, 2.24) is 9.97 Å². The SMILES string of the molecule is Cc1cc(OC(C)C)nc(NCC2CCCC2O)n1. The highest BCUT2D eigenvalue weighted by Gasteiger charge is 2.25. The summed E-state index contributed by atoms with van der Waals surface area (Å²) in [7, 11) is 0. The first-order chi connectivity index (χ1) is 9.04. The maximum absolute atomic E-state index is 9.79. The van der Waals surface area contributed by atoms with Crippen molar-refractivity contribution in [3.8, 4) is 5.88 Å². The lowest BCUT2D eigenvalue weighted by Crippen LogP contribution is -2.23. The standard InChI is InChI=1S/C14H23N3O2/c1-9(2)19-13-7-10(3)16-14(17-13)15-8-11-5-4-6-12(11)18/h7,9,11-12,18H,4-6,8H2,1-3H3,(H,15,16,17). The van der Waals surface area contributed by atoms with E-state index >= 15 is 0 Å². The van der Waals surface area contributed by atoms with Crippen LogP contribution in [0, 0.1) is 12.8 Å². The summed E-state index contributed by atoms with van der Waals surface area (Å²) < 4.78 is 5.59. The zero-order valence-electron chi connectivity index (χ0n) is 11.9. The molecule has 0 aliphatic heterocycles. The van der Waals surface area contributed by atoms with Gasteiger partial charge >= 0.3 is 0 Å². The molecular formula is C14H23N3O2. The van der Waals surface area contributed by atoms with E-state index in [0.717, 1.165) is 25.0 Å². The molecule has 1 heterocycles. The fourth-order valence-corrected chi connectivity index (χ4v) is 2.40. The molecule has 0 bridgehead atoms. The molecule has 2 atom stereocenters. The monoisotopic (exact) mass is 265 g/mol. The minimum absolute atomic E-state index is 0.0961. The number of aromatic nitrogens is 2. The van der Waals surface area contributed by atoms with Crippen LogP contribution in [0.25, 0.3) is 0 Å². The van der Waals surface area contributed by atoms with Crippen LogP contribution < -0.4 is 10.1 Å². The van der Waals surface area contributed by atoms with Gasteiger partial charge in [-0.2, -0.15) is 4.98 Å². The Bertz CT molecular complexity index is 423. The van der Waals surface area contributed by atoms with Crippen LogP contribution >= 0.6 is 0 Å². The van der Waals surface area contributed by atoms with Crippen LogP contribution in [0.1, 0.15) is 38.8 Å². The van der Waals surface area contributed by atoms with Crippen LogP contribution in [-0.2, 0) is 0 Å². The van der Waals surface area contributed by atoms with E-state index in [2.05, 4.69) is 15.3 Å². The molecule has 19 heavy (non-hydrogen) atoms. The average molecular weight is 265 g/mol. The Morgan fingerprint density at radius 3 is 2.84 bits per heavy atom. The molecular weight excluding hydrogens is 242 g/mol. The van der Waals surface area contributed by atoms with Crippen molar-refractivity contribution < 1.29 is 9.84 Å². The second-order valence-electron chi connectivity index (χ2n) is 5.48. The molecule has 2 rings (SSSR count). The Hall–Kier alpha value is -1.36. The highest BCUT2D eigenvalue weighted by atomic mass is 16.5. The molecule has 1 saturated carbocycles. The summed E-state index contributed by atoms with van der Waals surface area (Å²) in [5.74, 6) is 1.48. The number of aryl methyl sites for hydroxylation is 1. The first kappa shape index (κ1) is 14.1. The fourth-order valence-electron chi connectivity index (χ4n) is 2.40. The molecule has 5 heteroatoms. The van der Waals surface area contributed by atoms with Gasteiger partial charge in [-0.1, -0.05) is 6.42 Å². The number of nitrogens with one attached hydrogen (secondary N) is 1. The van der Waals surface area contributed by atoms with Crippen molar-refractivity contribution in [3.63, 3.8) is 0 Å². The predicted molar refractivity (Wildman–Crippen MR) is 74.4 cm³/mol. The largest absolute Gasteiger partial charge is 0.475 e. The third kappa shape index (κ3) is 4.06. The zero-order valence-corrected chi connectivity index (χ0v) is 11.9. The molecule has 0 radical (unpaired) electrons. The number of ether oxygens (including phenoxy) is 1. The van der Waals surface area contributed by atoms with Crippen LogP contribution in [0.5, 0.6) is 5.88 Å². The first-order valence-electron chi connectivity index (χ1n) is 6.99. The highest BCUT2D eigenvalue weighted by Crippen LogP contribution is 2.25. The van der Waals surface area contributed by atoms with E-state index in [1.807, 2.05) is 26.8 Å². The molecule has 1 aliphatic carbocycles. The van der Waals surface area contributed by atoms with Gasteiger partial charge in [0.15, 0.2) is 0 Å². The van der Waals surface area contributed by atoms with Crippen molar-refractivity contribution >= 4 is 5.95 Å². The summed E-state index contributed by atoms with van der Waals surface area (Å²) in [6.45, 7) is 6.58. The van der Waals surface area contributed by atoms with Gasteiger partial charge < -0.3 is 15.2 Å². The molecule has 0 spiro atoms. The summed E-state index contributed by atoms with van der Waals surface area (Å²) in [6, 6.07) is 1.83. The molecule has 0 saturated heterocycles. The van der Waals surface area contributed by atoms with E-state index in [1.165, 1.54) is 0 Å². The number of aliphatic hydroxyl groups is 1. The van der Waals surface area contributed by atoms with Gasteiger partial charge in [0.05, 0.1) is 12.2 Å². The normalized spacial score (nSPS) is 22.8. The van der Waals surface area contributed by atoms with Crippen molar-refractivity contribution in [2.45, 2.75) is 52.2 Å². The number of aliphatic hydroxyl groups excluding tert-OH is 1. The van der Waals surface area contributed by atoms with Crippen molar-refractivity contribution in [1.29, 1.82) is 0 Å². The Balaban J connectivity index is 1.97. The van der Waals surface area contributed by atoms with Gasteiger partial charge in [0.25, 0.3) is 0 Å². The molecule has 1 aromatic heterocycles. The van der Waals surface area contributed by atoms with E-state index in [4.69, 9.17) is 4.74 Å². The lowest BCUT2D eigenvalue weighted by Gasteiger charge is -2.16. The Morgan fingerprint density at radius 2 is 2.21 bits per heavy atom. The minimum Gasteiger partial charge on any atom is -0.475 e. The molecule has 2 unspecified atom stereocenters. The quantitative estimate of drug-likeness (QED) is 0.854. The van der Waals surface area contributed by atoms with Crippen LogP contribution in [0.4, 0.5) is 5.95 Å². The third-order valence-corrected chi connectivity index (χ3v) is 3.33. The Morgan fingerprint density at radius 1 is 1.42 bits per heavy atom. The topological polar surface area (TPSA) is 67.3 Å². The molecule has 106 valence electrons. The summed E-state index contributed by atoms with van der Waals surface area (Å²) in [4.78, 5) is 8.68. The van der Waals surface area contributed by atoms with Crippen LogP contribution in [0.2, 0.25) is 0 Å². The Kier molecular flexibility index (Phi) is 4.58. The van der Waals surface area contributed by atoms with E-state index < -0.39 is 0 Å². The summed E-state index contributed by atoms with van der Waals surface area (Å²) >= 11 is 0. The molecule has 1 aliphatic rings. The fraction of sp³-hybridized carbons (Fsp3) is 0.714. The van der Waals surface area contributed by atoms with Gasteiger partial charge in [0.2, 0.25) is 11.8 Å². The van der Waals surface area contributed by atoms with E-state index in [1.54, 1.807) is 0 Å². The number of anilines is 1. The van der Waals surface area contributed by atoms with E-state index in [0.29, 0.717) is 24.3 Å². The van der Waals surface area contributed by atoms with Crippen molar-refractivity contribution in [3.05, 3.63) is 11.8 Å². The number of hydrogen-bond donors (Lipinski definition) is 2. The second kappa shape index (κ2) is 6.19. The second-order valence-corrected chi connectivity index (χ2v) is 5.48. The number of rotatable bonds is 5. The van der Waals surface area contributed by atoms with E-state index in [-0.39, 0.29) is 12.2 Å². The van der Waals surface area contributed by atoms with Gasteiger partial charge in [-0.25, -0.2) is 4.98 Å². The van der Waals surface area contributed by atoms with Gasteiger partial charge in [0.1, 0.15) is 0 Å². The van der Waals surface area contributed by atoms with Gasteiger partial charge in [-0.05, 0) is 33.6 Å². The van der Waals surface area contributed by atoms with Crippen molar-refractivity contribution in [2.75, 3.05) is 11.9 Å². The molecule has 0 aromatic carbocycles. The number of hydrogen-bond acceptors (Lipinski definition) is 5. The lowest BCUT2D eigenvalue weighted by molar-refractivity contribution is 0.138. The minimum atomic E-state index is -0.191. The lowest BCUT2D eigenvalue weighted by atomic mass is 10.1. The van der Waals surface area contributed by atoms with Crippen LogP contribution in [0.15, 0.2) is 6.07 Å². The van der Waals surface area contributed by atoms with Gasteiger partial charge in [0, 0.05) is 24.2 Å². The first-order valence-corrected chi connectivity index (χ1v) is 6.99. The molecule has 1 fully saturated rings. The Labute approximate surface area is 114 Å². The van der Waals surface area contributed by atoms with Crippen LogP contribution in [0.3, 0.4) is 0 Å². The third-order valence-electron chi connectivity index (χ3n) is 3.33. The van der Waals surface area contributed by atoms with Crippen molar-refractivity contribution in [2.24, 2.45) is 5.92 Å². The van der Waals surface area contributed by atoms with Gasteiger partial charge in [-0.3, -0.25) is 0 Å². The summed E-state index contributed by atoms with van der Waals surface area (Å²) in [5.41, 5.74) is 0.875. The summed E-state index contributed by atoms with van der Waals surface area (Å²) in [6.07, 6.45) is 2.98.